The largest absolute Gasteiger partial charge is 0.497 e. The molecule has 0 aliphatic heterocycles. The molecule has 94 valence electrons. The maximum absolute atomic E-state index is 8.65. The van der Waals surface area contributed by atoms with E-state index in [1.807, 2.05) is 0 Å². The van der Waals surface area contributed by atoms with Crippen LogP contribution in [0.2, 0.25) is 0 Å². The lowest BCUT2D eigenvalue weighted by molar-refractivity contribution is 0.166. The number of hydrogen-bond donors (Lipinski definition) is 0. The first-order valence-corrected chi connectivity index (χ1v) is 6.44. The van der Waals surface area contributed by atoms with Gasteiger partial charge in [-0.15, -0.1) is 0 Å². The predicted molar refractivity (Wildman–Crippen MR) is 70.2 cm³/mol. The van der Waals surface area contributed by atoms with Crippen molar-refractivity contribution in [3.8, 4) is 6.07 Å². The second-order valence-electron chi connectivity index (χ2n) is 5.11. The Labute approximate surface area is 105 Å². The molecule has 0 heterocycles. The zero-order valence-electron chi connectivity index (χ0n) is 11.0. The number of hydrogen-bond acceptors (Lipinski definition) is 2. The van der Waals surface area contributed by atoms with Gasteiger partial charge in [-0.1, -0.05) is 26.5 Å². The van der Waals surface area contributed by atoms with Gasteiger partial charge in [-0.3, -0.25) is 0 Å². The number of ether oxygens (including phenoxy) is 1. The Morgan fingerprint density at radius 1 is 1.71 bits per heavy atom. The Morgan fingerprint density at radius 3 is 3.12 bits per heavy atom. The summed E-state index contributed by atoms with van der Waals surface area (Å²) in [6, 6.07) is 2.23. The first kappa shape index (κ1) is 13.8. The van der Waals surface area contributed by atoms with Gasteiger partial charge in [0.15, 0.2) is 0 Å². The minimum atomic E-state index is 0.193. The van der Waals surface area contributed by atoms with Crippen molar-refractivity contribution in [2.45, 2.75) is 46.0 Å². The summed E-state index contributed by atoms with van der Waals surface area (Å²) in [6.07, 6.45) is 8.91. The van der Waals surface area contributed by atoms with Crippen LogP contribution in [0.5, 0.6) is 0 Å². The van der Waals surface area contributed by atoms with E-state index in [0.29, 0.717) is 18.9 Å². The van der Waals surface area contributed by atoms with Crippen LogP contribution in [-0.2, 0) is 4.74 Å². The summed E-state index contributed by atoms with van der Waals surface area (Å²) in [5.41, 5.74) is 1.58. The number of unbranched alkanes of at least 4 members (excludes halogenated alkanes) is 1. The summed E-state index contributed by atoms with van der Waals surface area (Å²) in [7, 11) is 0. The van der Waals surface area contributed by atoms with Crippen LogP contribution in [0.4, 0.5) is 0 Å². The van der Waals surface area contributed by atoms with Crippen LogP contribution in [0, 0.1) is 22.7 Å². The molecule has 2 heteroatoms. The molecule has 0 aromatic rings. The highest BCUT2D eigenvalue weighted by Crippen LogP contribution is 2.45. The molecule has 0 N–H and O–H groups in total. The summed E-state index contributed by atoms with van der Waals surface area (Å²) in [5.74, 6) is 0.662. The topological polar surface area (TPSA) is 33.0 Å². The Balaban J connectivity index is 2.73. The fourth-order valence-corrected chi connectivity index (χ4v) is 2.69. The molecule has 17 heavy (non-hydrogen) atoms. The van der Waals surface area contributed by atoms with Crippen LogP contribution in [0.15, 0.2) is 24.5 Å². The number of nitrogens with zero attached hydrogens (tertiary/aromatic N) is 1. The van der Waals surface area contributed by atoms with Gasteiger partial charge in [0.2, 0.25) is 0 Å². The van der Waals surface area contributed by atoms with Crippen molar-refractivity contribution in [2.24, 2.45) is 11.3 Å². The van der Waals surface area contributed by atoms with E-state index in [-0.39, 0.29) is 5.41 Å². The van der Waals surface area contributed by atoms with Gasteiger partial charge < -0.3 is 4.74 Å². The van der Waals surface area contributed by atoms with Crippen LogP contribution in [-0.4, -0.2) is 6.61 Å². The SMILES string of the molecule is C=COCC1=CCC[C@H](C)[C@@]1(C)CCCC#N. The predicted octanol–water partition coefficient (Wildman–Crippen LogP) is 4.20. The van der Waals surface area contributed by atoms with Gasteiger partial charge in [0.1, 0.15) is 6.61 Å². The summed E-state index contributed by atoms with van der Waals surface area (Å²) in [5, 5.41) is 8.65. The highest BCUT2D eigenvalue weighted by molar-refractivity contribution is 5.19. The van der Waals surface area contributed by atoms with Crippen molar-refractivity contribution in [3.63, 3.8) is 0 Å². The molecule has 0 amide bonds. The van der Waals surface area contributed by atoms with Crippen molar-refractivity contribution in [1.29, 1.82) is 5.26 Å². The third-order valence-corrected chi connectivity index (χ3v) is 4.15. The van der Waals surface area contributed by atoms with Crippen LogP contribution in [0.25, 0.3) is 0 Å². The lowest BCUT2D eigenvalue weighted by Crippen LogP contribution is -2.32. The van der Waals surface area contributed by atoms with Gasteiger partial charge in [-0.05, 0) is 42.6 Å². The van der Waals surface area contributed by atoms with E-state index in [9.17, 15) is 0 Å². The van der Waals surface area contributed by atoms with Crippen molar-refractivity contribution >= 4 is 0 Å². The summed E-state index contributed by atoms with van der Waals surface area (Å²) >= 11 is 0. The molecule has 0 aromatic carbocycles. The third-order valence-electron chi connectivity index (χ3n) is 4.15. The average molecular weight is 233 g/mol. The van der Waals surface area contributed by atoms with E-state index in [4.69, 9.17) is 10.00 Å². The molecule has 0 unspecified atom stereocenters. The Kier molecular flexibility index (Phi) is 5.28. The smallest absolute Gasteiger partial charge is 0.109 e. The van der Waals surface area contributed by atoms with E-state index in [1.165, 1.54) is 18.3 Å². The van der Waals surface area contributed by atoms with Gasteiger partial charge in [-0.25, -0.2) is 0 Å². The van der Waals surface area contributed by atoms with Crippen molar-refractivity contribution in [1.82, 2.24) is 0 Å². The molecule has 0 saturated heterocycles. The first-order valence-electron chi connectivity index (χ1n) is 6.44. The van der Waals surface area contributed by atoms with E-state index in [0.717, 1.165) is 19.3 Å². The van der Waals surface area contributed by atoms with Crippen molar-refractivity contribution in [3.05, 3.63) is 24.5 Å². The first-order chi connectivity index (χ1) is 8.15. The molecule has 0 saturated carbocycles. The van der Waals surface area contributed by atoms with Crippen LogP contribution < -0.4 is 0 Å². The zero-order valence-corrected chi connectivity index (χ0v) is 11.0. The van der Waals surface area contributed by atoms with Gasteiger partial charge in [0, 0.05) is 6.42 Å². The molecule has 0 fully saturated rings. The maximum Gasteiger partial charge on any atom is 0.109 e. The molecule has 0 aromatic heterocycles. The standard InChI is InChI=1S/C15H23NO/c1-4-17-12-14-9-7-8-13(2)15(14,3)10-5-6-11-16/h4,9,13H,1,5-8,10,12H2,2-3H3/t13-,15+/m0/s1. The maximum atomic E-state index is 8.65. The van der Waals surface area contributed by atoms with Gasteiger partial charge in [0.25, 0.3) is 0 Å². The van der Waals surface area contributed by atoms with Crippen LogP contribution in [0.3, 0.4) is 0 Å². The van der Waals surface area contributed by atoms with E-state index >= 15 is 0 Å². The summed E-state index contributed by atoms with van der Waals surface area (Å²) < 4.78 is 5.35. The molecule has 1 aliphatic rings. The van der Waals surface area contributed by atoms with E-state index < -0.39 is 0 Å². The molecule has 0 bridgehead atoms. The lowest BCUT2D eigenvalue weighted by Gasteiger charge is -2.41. The van der Waals surface area contributed by atoms with Gasteiger partial charge in [-0.2, -0.15) is 5.26 Å². The molecule has 2 nitrogen and oxygen atoms in total. The number of rotatable bonds is 6. The summed E-state index contributed by atoms with van der Waals surface area (Å²) in [6.45, 7) is 8.87. The average Bonchev–Trinajstić information content (AvgIpc) is 2.32. The highest BCUT2D eigenvalue weighted by Gasteiger charge is 2.36. The van der Waals surface area contributed by atoms with Gasteiger partial charge in [0.05, 0.1) is 12.3 Å². The third kappa shape index (κ3) is 3.36. The molecule has 1 aliphatic carbocycles. The monoisotopic (exact) mass is 233 g/mol. The minimum Gasteiger partial charge on any atom is -0.497 e. The molecule has 1 rings (SSSR count). The molecular formula is C15H23NO. The van der Waals surface area contributed by atoms with Crippen LogP contribution >= 0.6 is 0 Å². The highest BCUT2D eigenvalue weighted by atomic mass is 16.5. The number of allylic oxidation sites excluding steroid dienone is 1. The van der Waals surface area contributed by atoms with Crippen molar-refractivity contribution < 1.29 is 4.74 Å². The zero-order chi connectivity index (χ0) is 12.7. The number of nitriles is 1. The molecule has 0 spiro atoms. The minimum absolute atomic E-state index is 0.193. The fraction of sp³-hybridized carbons (Fsp3) is 0.667. The Bertz CT molecular complexity index is 326. The quantitative estimate of drug-likeness (QED) is 0.391. The lowest BCUT2D eigenvalue weighted by atomic mass is 9.65. The van der Waals surface area contributed by atoms with E-state index in [2.05, 4.69) is 32.6 Å². The molecule has 2 atom stereocenters. The van der Waals surface area contributed by atoms with Crippen LogP contribution in [0.1, 0.15) is 46.0 Å². The van der Waals surface area contributed by atoms with Crippen molar-refractivity contribution in [2.75, 3.05) is 6.61 Å². The fourth-order valence-electron chi connectivity index (χ4n) is 2.69. The summed E-state index contributed by atoms with van der Waals surface area (Å²) in [4.78, 5) is 0. The normalized spacial score (nSPS) is 28.1. The molecular weight excluding hydrogens is 210 g/mol. The Hall–Kier alpha value is -1.23. The Morgan fingerprint density at radius 2 is 2.47 bits per heavy atom. The second kappa shape index (κ2) is 6.49. The van der Waals surface area contributed by atoms with Gasteiger partial charge >= 0.3 is 0 Å². The van der Waals surface area contributed by atoms with E-state index in [1.54, 1.807) is 0 Å². The second-order valence-corrected chi connectivity index (χ2v) is 5.11. The molecule has 0 radical (unpaired) electrons.